The van der Waals surface area contributed by atoms with E-state index in [4.69, 9.17) is 28.9 Å². The summed E-state index contributed by atoms with van der Waals surface area (Å²) in [5, 5.41) is 12.3. The molecule has 0 radical (unpaired) electrons. The van der Waals surface area contributed by atoms with E-state index in [9.17, 15) is 4.79 Å². The van der Waals surface area contributed by atoms with Crippen LogP contribution in [0, 0.1) is 0 Å². The first-order valence-corrected chi connectivity index (χ1v) is 11.6. The molecule has 35 heavy (non-hydrogen) atoms. The molecule has 0 amide bonds. The van der Waals surface area contributed by atoms with Crippen LogP contribution >= 0.6 is 23.2 Å². The second-order valence-corrected chi connectivity index (χ2v) is 9.12. The van der Waals surface area contributed by atoms with E-state index in [2.05, 4.69) is 25.5 Å². The first kappa shape index (κ1) is 21.6. The number of tetrazole rings is 1. The second-order valence-electron chi connectivity index (χ2n) is 8.33. The summed E-state index contributed by atoms with van der Waals surface area (Å²) >= 11 is 12.8. The van der Waals surface area contributed by atoms with E-state index in [0.717, 1.165) is 34.5 Å². The van der Waals surface area contributed by atoms with Crippen molar-refractivity contribution in [1.29, 1.82) is 0 Å². The van der Waals surface area contributed by atoms with Crippen LogP contribution in [0.15, 0.2) is 65.7 Å². The third-order valence-corrected chi connectivity index (χ3v) is 6.72. The molecule has 1 atom stereocenters. The summed E-state index contributed by atoms with van der Waals surface area (Å²) in [5.74, 6) is 0.633. The van der Waals surface area contributed by atoms with Crippen molar-refractivity contribution in [3.05, 3.63) is 92.8 Å². The van der Waals surface area contributed by atoms with Gasteiger partial charge < -0.3 is 15.3 Å². The lowest BCUT2D eigenvalue weighted by atomic mass is 10.0. The molecule has 0 saturated carbocycles. The number of nitrogens with zero attached hydrogens (tertiary/aromatic N) is 6. The smallest absolute Gasteiger partial charge is 0.251 e. The van der Waals surface area contributed by atoms with Gasteiger partial charge in [0.15, 0.2) is 5.15 Å². The van der Waals surface area contributed by atoms with Crippen LogP contribution in [0.2, 0.25) is 10.2 Å². The SMILES string of the molecule is Nc1ccc(-c2nc(Cl)c([C@@H]3CCc4cc(-c5cc(Cl)ccc5-n5cnnn5)cc(=O)n43)[nH]2)cc1. The first-order chi connectivity index (χ1) is 17.0. The molecule has 1 aliphatic heterocycles. The van der Waals surface area contributed by atoms with Crippen LogP contribution in [-0.2, 0) is 6.42 Å². The first-order valence-electron chi connectivity index (χ1n) is 10.9. The van der Waals surface area contributed by atoms with Gasteiger partial charge >= 0.3 is 0 Å². The van der Waals surface area contributed by atoms with E-state index in [-0.39, 0.29) is 11.6 Å². The molecule has 0 bridgehead atoms. The van der Waals surface area contributed by atoms with Crippen molar-refractivity contribution >= 4 is 28.9 Å². The highest BCUT2D eigenvalue weighted by molar-refractivity contribution is 6.31. The van der Waals surface area contributed by atoms with Crippen LogP contribution in [0.25, 0.3) is 28.2 Å². The molecule has 11 heteroatoms. The molecule has 3 N–H and O–H groups in total. The fourth-order valence-corrected chi connectivity index (χ4v) is 5.03. The normalized spacial score (nSPS) is 14.9. The molecule has 5 aromatic rings. The number of H-pyrrole nitrogens is 1. The van der Waals surface area contributed by atoms with Gasteiger partial charge in [-0.15, -0.1) is 5.10 Å². The number of hydrogen-bond acceptors (Lipinski definition) is 6. The predicted octanol–water partition coefficient (Wildman–Crippen LogP) is 4.31. The highest BCUT2D eigenvalue weighted by Crippen LogP contribution is 2.37. The number of nitrogens with one attached hydrogen (secondary N) is 1. The van der Waals surface area contributed by atoms with Gasteiger partial charge in [-0.05, 0) is 77.4 Å². The predicted molar refractivity (Wildman–Crippen MR) is 134 cm³/mol. The number of nitrogen functional groups attached to an aromatic ring is 1. The number of hydrogen-bond donors (Lipinski definition) is 2. The van der Waals surface area contributed by atoms with E-state index in [1.807, 2.05) is 42.5 Å². The Hall–Kier alpha value is -3.95. The molecule has 9 nitrogen and oxygen atoms in total. The molecule has 0 unspecified atom stereocenters. The molecule has 6 rings (SSSR count). The van der Waals surface area contributed by atoms with E-state index in [0.29, 0.717) is 33.8 Å². The number of anilines is 1. The Balaban J connectivity index is 1.41. The number of imidazole rings is 1. The molecule has 0 aliphatic carbocycles. The number of aromatic nitrogens is 7. The number of fused-ring (bicyclic) bond motifs is 1. The Kier molecular flexibility index (Phi) is 5.16. The zero-order valence-electron chi connectivity index (χ0n) is 18.2. The van der Waals surface area contributed by atoms with Crippen LogP contribution in [0.3, 0.4) is 0 Å². The molecule has 0 spiro atoms. The quantitative estimate of drug-likeness (QED) is 0.352. The number of benzene rings is 2. The third kappa shape index (κ3) is 3.78. The van der Waals surface area contributed by atoms with Gasteiger partial charge in [0.2, 0.25) is 0 Å². The Labute approximate surface area is 209 Å². The van der Waals surface area contributed by atoms with Gasteiger partial charge in [-0.25, -0.2) is 4.98 Å². The van der Waals surface area contributed by atoms with Crippen LogP contribution in [-0.4, -0.2) is 34.7 Å². The lowest BCUT2D eigenvalue weighted by Crippen LogP contribution is -2.23. The highest BCUT2D eigenvalue weighted by atomic mass is 35.5. The lowest BCUT2D eigenvalue weighted by molar-refractivity contribution is 0.588. The minimum atomic E-state index is -0.243. The van der Waals surface area contributed by atoms with E-state index >= 15 is 0 Å². The van der Waals surface area contributed by atoms with Crippen molar-refractivity contribution in [1.82, 2.24) is 34.7 Å². The van der Waals surface area contributed by atoms with Crippen molar-refractivity contribution in [2.45, 2.75) is 18.9 Å². The maximum atomic E-state index is 13.4. The molecule has 0 fully saturated rings. The average molecular weight is 505 g/mol. The van der Waals surface area contributed by atoms with Crippen LogP contribution < -0.4 is 11.3 Å². The molecular weight excluding hydrogens is 487 g/mol. The minimum absolute atomic E-state index is 0.137. The van der Waals surface area contributed by atoms with E-state index < -0.39 is 0 Å². The van der Waals surface area contributed by atoms with Crippen molar-refractivity contribution in [3.63, 3.8) is 0 Å². The Morgan fingerprint density at radius 3 is 2.63 bits per heavy atom. The molecule has 174 valence electrons. The summed E-state index contributed by atoms with van der Waals surface area (Å²) < 4.78 is 3.32. The summed E-state index contributed by atoms with van der Waals surface area (Å²) in [4.78, 5) is 21.2. The third-order valence-electron chi connectivity index (χ3n) is 6.20. The Morgan fingerprint density at radius 2 is 1.86 bits per heavy atom. The number of aromatic amines is 1. The van der Waals surface area contributed by atoms with Crippen LogP contribution in [0.1, 0.15) is 23.9 Å². The molecule has 2 aromatic carbocycles. The summed E-state index contributed by atoms with van der Waals surface area (Å²) in [5.41, 5.74) is 11.0. The monoisotopic (exact) mass is 504 g/mol. The summed E-state index contributed by atoms with van der Waals surface area (Å²) in [6.07, 6.45) is 2.93. The zero-order valence-corrected chi connectivity index (χ0v) is 19.7. The van der Waals surface area contributed by atoms with Gasteiger partial charge in [0.05, 0.1) is 17.4 Å². The molecule has 3 aromatic heterocycles. The maximum Gasteiger partial charge on any atom is 0.251 e. The minimum Gasteiger partial charge on any atom is -0.399 e. The molecule has 1 aliphatic rings. The highest BCUT2D eigenvalue weighted by Gasteiger charge is 2.29. The fourth-order valence-electron chi connectivity index (χ4n) is 4.60. The topological polar surface area (TPSA) is 120 Å². The fraction of sp³-hybridized carbons (Fsp3) is 0.125. The van der Waals surface area contributed by atoms with Crippen molar-refractivity contribution in [2.24, 2.45) is 0 Å². The van der Waals surface area contributed by atoms with Crippen molar-refractivity contribution in [2.75, 3.05) is 5.73 Å². The van der Waals surface area contributed by atoms with Crippen LogP contribution in [0.4, 0.5) is 5.69 Å². The summed E-state index contributed by atoms with van der Waals surface area (Å²) in [6.45, 7) is 0. The molecule has 0 saturated heterocycles. The largest absolute Gasteiger partial charge is 0.399 e. The van der Waals surface area contributed by atoms with Crippen molar-refractivity contribution in [3.8, 4) is 28.2 Å². The maximum absolute atomic E-state index is 13.4. The average Bonchev–Trinajstić information content (AvgIpc) is 3.59. The van der Waals surface area contributed by atoms with E-state index in [1.54, 1.807) is 21.4 Å². The Morgan fingerprint density at radius 1 is 1.03 bits per heavy atom. The van der Waals surface area contributed by atoms with Crippen LogP contribution in [0.5, 0.6) is 0 Å². The second kappa shape index (κ2) is 8.37. The Bertz CT molecular complexity index is 1610. The number of halogens is 2. The lowest BCUT2D eigenvalue weighted by Gasteiger charge is -2.15. The van der Waals surface area contributed by atoms with Gasteiger partial charge in [0, 0.05) is 33.6 Å². The number of nitrogens with two attached hydrogens (primary N) is 1. The van der Waals surface area contributed by atoms with Gasteiger partial charge in [-0.3, -0.25) is 4.79 Å². The molecule has 4 heterocycles. The summed E-state index contributed by atoms with van der Waals surface area (Å²) in [6, 6.07) is 16.1. The number of aryl methyl sites for hydroxylation is 1. The molecular formula is C24H18Cl2N8O. The van der Waals surface area contributed by atoms with Gasteiger partial charge in [-0.1, -0.05) is 23.2 Å². The summed E-state index contributed by atoms with van der Waals surface area (Å²) in [7, 11) is 0. The number of rotatable bonds is 4. The van der Waals surface area contributed by atoms with Gasteiger partial charge in [-0.2, -0.15) is 4.68 Å². The van der Waals surface area contributed by atoms with Gasteiger partial charge in [0.1, 0.15) is 12.2 Å². The standard InChI is InChI=1S/C24H18Cl2N8O/c25-15-3-7-19(33-12-28-31-32-33)18(11-15)14-9-17-6-8-20(34(17)21(35)10-14)22-23(26)30-24(29-22)13-1-4-16(27)5-2-13/h1-5,7,9-12,20H,6,8,27H2,(H,29,30)/t20-/m0/s1. The number of pyridine rings is 1. The van der Waals surface area contributed by atoms with Crippen molar-refractivity contribution < 1.29 is 0 Å². The van der Waals surface area contributed by atoms with E-state index in [1.165, 1.54) is 6.33 Å². The van der Waals surface area contributed by atoms with Gasteiger partial charge in [0.25, 0.3) is 5.56 Å². The zero-order chi connectivity index (χ0) is 24.1.